The fourth-order valence-corrected chi connectivity index (χ4v) is 2.70. The largest absolute Gasteiger partial charge is 0.381 e. The molecule has 1 aromatic carbocycles. The second-order valence-electron chi connectivity index (χ2n) is 5.06. The van der Waals surface area contributed by atoms with Crippen molar-refractivity contribution in [1.29, 1.82) is 0 Å². The highest BCUT2D eigenvalue weighted by atomic mass is 35.5. The molecule has 20 heavy (non-hydrogen) atoms. The monoisotopic (exact) mass is 287 g/mol. The second kappa shape index (κ2) is 6.14. The SMILES string of the molecule is Clc1cnccc1CNc1ccc(N2CCCC2)cc1. The highest BCUT2D eigenvalue weighted by molar-refractivity contribution is 6.31. The molecule has 1 aliphatic heterocycles. The normalized spacial score (nSPS) is 14.6. The molecule has 1 aliphatic rings. The minimum Gasteiger partial charge on any atom is -0.381 e. The summed E-state index contributed by atoms with van der Waals surface area (Å²) in [5, 5.41) is 4.09. The van der Waals surface area contributed by atoms with E-state index in [9.17, 15) is 0 Å². The average molecular weight is 288 g/mol. The quantitative estimate of drug-likeness (QED) is 0.923. The molecule has 2 heterocycles. The summed E-state index contributed by atoms with van der Waals surface area (Å²) >= 11 is 6.09. The number of benzene rings is 1. The lowest BCUT2D eigenvalue weighted by Gasteiger charge is -2.18. The van der Waals surface area contributed by atoms with Gasteiger partial charge in [-0.3, -0.25) is 4.98 Å². The number of anilines is 2. The third kappa shape index (κ3) is 3.05. The molecule has 0 atom stereocenters. The van der Waals surface area contributed by atoms with E-state index in [2.05, 4.69) is 39.5 Å². The maximum Gasteiger partial charge on any atom is 0.0639 e. The average Bonchev–Trinajstić information content (AvgIpc) is 3.01. The Morgan fingerprint density at radius 3 is 2.55 bits per heavy atom. The van der Waals surface area contributed by atoms with Crippen LogP contribution in [0.4, 0.5) is 11.4 Å². The molecule has 1 aromatic heterocycles. The number of hydrogen-bond donors (Lipinski definition) is 1. The van der Waals surface area contributed by atoms with Crippen LogP contribution in [-0.4, -0.2) is 18.1 Å². The molecule has 0 spiro atoms. The molecular formula is C16H18ClN3. The van der Waals surface area contributed by atoms with Gasteiger partial charge < -0.3 is 10.2 Å². The Kier molecular flexibility index (Phi) is 4.07. The molecule has 1 fully saturated rings. The number of halogens is 1. The molecule has 1 N–H and O–H groups in total. The topological polar surface area (TPSA) is 28.2 Å². The van der Waals surface area contributed by atoms with Crippen molar-refractivity contribution in [1.82, 2.24) is 4.98 Å². The molecule has 0 unspecified atom stereocenters. The van der Waals surface area contributed by atoms with Crippen LogP contribution < -0.4 is 10.2 Å². The minimum atomic E-state index is 0.702. The number of aromatic nitrogens is 1. The van der Waals surface area contributed by atoms with E-state index < -0.39 is 0 Å². The Bertz CT molecular complexity index is 562. The molecule has 0 saturated carbocycles. The van der Waals surface area contributed by atoms with Crippen LogP contribution in [0.2, 0.25) is 5.02 Å². The third-order valence-corrected chi connectivity index (χ3v) is 4.02. The van der Waals surface area contributed by atoms with Crippen molar-refractivity contribution in [3.8, 4) is 0 Å². The van der Waals surface area contributed by atoms with E-state index in [0.29, 0.717) is 11.6 Å². The van der Waals surface area contributed by atoms with Gasteiger partial charge in [0.2, 0.25) is 0 Å². The standard InChI is InChI=1S/C16H18ClN3/c17-16-12-18-8-7-13(16)11-19-14-3-5-15(6-4-14)20-9-1-2-10-20/h3-8,12,19H,1-2,9-11H2. The first kappa shape index (κ1) is 13.3. The molecule has 3 nitrogen and oxygen atoms in total. The first-order chi connectivity index (χ1) is 9.83. The van der Waals surface area contributed by atoms with E-state index in [1.54, 1.807) is 12.4 Å². The zero-order valence-electron chi connectivity index (χ0n) is 11.3. The zero-order chi connectivity index (χ0) is 13.8. The van der Waals surface area contributed by atoms with Gasteiger partial charge in [0.15, 0.2) is 0 Å². The Morgan fingerprint density at radius 2 is 1.85 bits per heavy atom. The van der Waals surface area contributed by atoms with Gasteiger partial charge >= 0.3 is 0 Å². The summed E-state index contributed by atoms with van der Waals surface area (Å²) < 4.78 is 0. The molecule has 0 radical (unpaired) electrons. The number of pyridine rings is 1. The summed E-state index contributed by atoms with van der Waals surface area (Å²) in [5.41, 5.74) is 3.49. The van der Waals surface area contributed by atoms with Crippen LogP contribution >= 0.6 is 11.6 Å². The minimum absolute atomic E-state index is 0.702. The summed E-state index contributed by atoms with van der Waals surface area (Å²) in [6.45, 7) is 3.07. The van der Waals surface area contributed by atoms with Crippen LogP contribution in [0.1, 0.15) is 18.4 Å². The highest BCUT2D eigenvalue weighted by Gasteiger charge is 2.11. The van der Waals surface area contributed by atoms with Crippen molar-refractivity contribution in [3.05, 3.63) is 53.3 Å². The summed E-state index contributed by atoms with van der Waals surface area (Å²) in [7, 11) is 0. The molecule has 1 saturated heterocycles. The zero-order valence-corrected chi connectivity index (χ0v) is 12.1. The summed E-state index contributed by atoms with van der Waals surface area (Å²) in [6, 6.07) is 10.6. The summed E-state index contributed by atoms with van der Waals surface area (Å²) in [4.78, 5) is 6.42. The third-order valence-electron chi connectivity index (χ3n) is 3.68. The molecule has 3 rings (SSSR count). The van der Waals surface area contributed by atoms with E-state index in [4.69, 9.17) is 11.6 Å². The van der Waals surface area contributed by atoms with Crippen molar-refractivity contribution in [2.24, 2.45) is 0 Å². The molecular weight excluding hydrogens is 270 g/mol. The van der Waals surface area contributed by atoms with Crippen molar-refractivity contribution in [2.45, 2.75) is 19.4 Å². The maximum absolute atomic E-state index is 6.09. The van der Waals surface area contributed by atoms with Crippen molar-refractivity contribution < 1.29 is 0 Å². The fourth-order valence-electron chi connectivity index (χ4n) is 2.51. The Balaban J connectivity index is 1.62. The lowest BCUT2D eigenvalue weighted by molar-refractivity contribution is 0.949. The molecule has 104 valence electrons. The number of nitrogens with one attached hydrogen (secondary N) is 1. The van der Waals surface area contributed by atoms with Gasteiger partial charge in [0.05, 0.1) is 5.02 Å². The Morgan fingerprint density at radius 1 is 1.10 bits per heavy atom. The van der Waals surface area contributed by atoms with Crippen LogP contribution in [0.5, 0.6) is 0 Å². The van der Waals surface area contributed by atoms with Gasteiger partial charge in [-0.1, -0.05) is 11.6 Å². The lowest BCUT2D eigenvalue weighted by atomic mass is 10.2. The predicted molar refractivity (Wildman–Crippen MR) is 84.5 cm³/mol. The fraction of sp³-hybridized carbons (Fsp3) is 0.312. The molecule has 2 aromatic rings. The van der Waals surface area contributed by atoms with Crippen molar-refractivity contribution in [3.63, 3.8) is 0 Å². The van der Waals surface area contributed by atoms with Crippen LogP contribution in [-0.2, 0) is 6.54 Å². The van der Waals surface area contributed by atoms with Crippen molar-refractivity contribution in [2.75, 3.05) is 23.3 Å². The van der Waals surface area contributed by atoms with E-state index in [0.717, 1.165) is 11.3 Å². The lowest BCUT2D eigenvalue weighted by Crippen LogP contribution is -2.17. The van der Waals surface area contributed by atoms with Gasteiger partial charge in [-0.15, -0.1) is 0 Å². The summed E-state index contributed by atoms with van der Waals surface area (Å²) in [5.74, 6) is 0. The van der Waals surface area contributed by atoms with Gasteiger partial charge in [-0.2, -0.15) is 0 Å². The number of hydrogen-bond acceptors (Lipinski definition) is 3. The first-order valence-electron chi connectivity index (χ1n) is 7.00. The smallest absolute Gasteiger partial charge is 0.0639 e. The molecule has 4 heteroatoms. The van der Waals surface area contributed by atoms with E-state index >= 15 is 0 Å². The van der Waals surface area contributed by atoms with E-state index in [-0.39, 0.29) is 0 Å². The second-order valence-corrected chi connectivity index (χ2v) is 5.47. The van der Waals surface area contributed by atoms with Crippen LogP contribution in [0, 0.1) is 0 Å². The van der Waals surface area contributed by atoms with Crippen LogP contribution in [0.15, 0.2) is 42.7 Å². The Hall–Kier alpha value is -1.74. The van der Waals surface area contributed by atoms with Crippen LogP contribution in [0.3, 0.4) is 0 Å². The summed E-state index contributed by atoms with van der Waals surface area (Å²) in [6.07, 6.45) is 6.05. The van der Waals surface area contributed by atoms with Crippen LogP contribution in [0.25, 0.3) is 0 Å². The number of rotatable bonds is 4. The first-order valence-corrected chi connectivity index (χ1v) is 7.38. The maximum atomic E-state index is 6.09. The molecule has 0 amide bonds. The Labute approximate surface area is 124 Å². The van der Waals surface area contributed by atoms with Gasteiger partial charge in [0, 0.05) is 43.4 Å². The van der Waals surface area contributed by atoms with Gasteiger partial charge in [0.25, 0.3) is 0 Å². The van der Waals surface area contributed by atoms with E-state index in [1.807, 2.05) is 6.07 Å². The number of nitrogens with zero attached hydrogens (tertiary/aromatic N) is 2. The van der Waals surface area contributed by atoms with Gasteiger partial charge in [-0.05, 0) is 48.7 Å². The molecule has 0 aliphatic carbocycles. The predicted octanol–water partition coefficient (Wildman–Crippen LogP) is 3.95. The van der Waals surface area contributed by atoms with Gasteiger partial charge in [0.1, 0.15) is 0 Å². The van der Waals surface area contributed by atoms with E-state index in [1.165, 1.54) is 31.6 Å². The van der Waals surface area contributed by atoms with Gasteiger partial charge in [-0.25, -0.2) is 0 Å². The molecule has 0 bridgehead atoms. The van der Waals surface area contributed by atoms with Crippen molar-refractivity contribution >= 4 is 23.0 Å². The highest BCUT2D eigenvalue weighted by Crippen LogP contribution is 2.22.